The molecule has 0 aliphatic carbocycles. The van der Waals surface area contributed by atoms with Gasteiger partial charge in [-0.25, -0.2) is 4.98 Å². The van der Waals surface area contributed by atoms with Crippen LogP contribution in [-0.2, 0) is 4.79 Å². The minimum absolute atomic E-state index is 0.00200. The summed E-state index contributed by atoms with van der Waals surface area (Å²) >= 11 is 0. The second kappa shape index (κ2) is 7.99. The Morgan fingerprint density at radius 1 is 1.19 bits per heavy atom. The van der Waals surface area contributed by atoms with Crippen LogP contribution in [-0.4, -0.2) is 46.5 Å². The highest BCUT2D eigenvalue weighted by Crippen LogP contribution is 2.27. The summed E-state index contributed by atoms with van der Waals surface area (Å²) in [6, 6.07) is 11.3. The molecule has 1 N–H and O–H groups in total. The molecule has 0 atom stereocenters. The number of amides is 2. The van der Waals surface area contributed by atoms with Crippen molar-refractivity contribution in [2.24, 2.45) is 0 Å². The molecule has 0 spiro atoms. The van der Waals surface area contributed by atoms with Crippen LogP contribution in [0.5, 0.6) is 0 Å². The van der Waals surface area contributed by atoms with Gasteiger partial charge in [-0.3, -0.25) is 9.59 Å². The molecular formula is C20H22N4O3. The van der Waals surface area contributed by atoms with E-state index in [-0.39, 0.29) is 18.4 Å². The van der Waals surface area contributed by atoms with E-state index in [1.54, 1.807) is 13.0 Å². The molecule has 1 aromatic carbocycles. The van der Waals surface area contributed by atoms with Crippen LogP contribution in [0.25, 0.3) is 22.4 Å². The van der Waals surface area contributed by atoms with Crippen molar-refractivity contribution < 1.29 is 14.1 Å². The van der Waals surface area contributed by atoms with E-state index in [2.05, 4.69) is 15.5 Å². The van der Waals surface area contributed by atoms with Crippen LogP contribution in [0.3, 0.4) is 0 Å². The fraction of sp³-hybridized carbons (Fsp3) is 0.300. The summed E-state index contributed by atoms with van der Waals surface area (Å²) in [6.07, 6.45) is 0. The maximum Gasteiger partial charge on any atom is 0.259 e. The lowest BCUT2D eigenvalue weighted by Gasteiger charge is -2.21. The Kier molecular flexibility index (Phi) is 5.49. The van der Waals surface area contributed by atoms with Crippen molar-refractivity contribution in [2.45, 2.75) is 20.8 Å². The molecular weight excluding hydrogens is 344 g/mol. The minimum atomic E-state index is -0.250. The van der Waals surface area contributed by atoms with Crippen molar-refractivity contribution >= 4 is 22.9 Å². The normalized spacial score (nSPS) is 10.8. The van der Waals surface area contributed by atoms with Gasteiger partial charge in [-0.1, -0.05) is 35.5 Å². The minimum Gasteiger partial charge on any atom is -0.355 e. The number of carbonyl (C=O) groups excluding carboxylic acids is 2. The number of benzene rings is 1. The van der Waals surface area contributed by atoms with Crippen LogP contribution < -0.4 is 5.32 Å². The van der Waals surface area contributed by atoms with Gasteiger partial charge in [0, 0.05) is 18.7 Å². The highest BCUT2D eigenvalue weighted by Gasteiger charge is 2.24. The number of likely N-dealkylation sites (N-methyl/N-ethyl adjacent to an activating group) is 2. The average molecular weight is 366 g/mol. The highest BCUT2D eigenvalue weighted by molar-refractivity contribution is 6.07. The Morgan fingerprint density at radius 2 is 1.93 bits per heavy atom. The van der Waals surface area contributed by atoms with Crippen molar-refractivity contribution in [2.75, 3.05) is 19.6 Å². The molecule has 0 bridgehead atoms. The third-order valence-electron chi connectivity index (χ3n) is 4.29. The zero-order valence-corrected chi connectivity index (χ0v) is 15.7. The second-order valence-electron chi connectivity index (χ2n) is 6.14. The van der Waals surface area contributed by atoms with E-state index in [9.17, 15) is 9.59 Å². The van der Waals surface area contributed by atoms with Gasteiger partial charge in [-0.2, -0.15) is 0 Å². The number of nitrogens with one attached hydrogen (secondary N) is 1. The summed E-state index contributed by atoms with van der Waals surface area (Å²) in [5.74, 6) is -0.442. The molecule has 0 saturated heterocycles. The SMILES string of the molecule is CCNC(=O)CN(CC)C(=O)c1cc(-c2ccccc2)nc2onc(C)c12. The Balaban J connectivity index is 2.07. The standard InChI is InChI=1S/C20H22N4O3/c1-4-21-17(25)12-24(5-2)20(26)15-11-16(14-9-7-6-8-10-14)22-19-18(15)13(3)23-27-19/h6-11H,4-5,12H2,1-3H3,(H,21,25). The lowest BCUT2D eigenvalue weighted by Crippen LogP contribution is -2.40. The van der Waals surface area contributed by atoms with Crippen molar-refractivity contribution in [1.29, 1.82) is 0 Å². The van der Waals surface area contributed by atoms with Gasteiger partial charge in [0.2, 0.25) is 5.91 Å². The van der Waals surface area contributed by atoms with Crippen LogP contribution >= 0.6 is 0 Å². The number of nitrogens with zero attached hydrogens (tertiary/aromatic N) is 3. The van der Waals surface area contributed by atoms with Gasteiger partial charge in [0.05, 0.1) is 28.9 Å². The third-order valence-corrected chi connectivity index (χ3v) is 4.29. The van der Waals surface area contributed by atoms with Gasteiger partial charge in [-0.05, 0) is 26.8 Å². The van der Waals surface area contributed by atoms with Crippen LogP contribution in [0, 0.1) is 6.92 Å². The fourth-order valence-electron chi connectivity index (χ4n) is 2.94. The van der Waals surface area contributed by atoms with Crippen molar-refractivity contribution in [1.82, 2.24) is 20.4 Å². The van der Waals surface area contributed by atoms with Crippen molar-refractivity contribution in [3.63, 3.8) is 0 Å². The Bertz CT molecular complexity index is 966. The van der Waals surface area contributed by atoms with Crippen LogP contribution in [0.4, 0.5) is 0 Å². The number of aromatic nitrogens is 2. The predicted molar refractivity (Wildman–Crippen MR) is 102 cm³/mol. The molecule has 0 saturated carbocycles. The predicted octanol–water partition coefficient (Wildman–Crippen LogP) is 2.80. The van der Waals surface area contributed by atoms with E-state index in [1.807, 2.05) is 44.2 Å². The van der Waals surface area contributed by atoms with E-state index in [1.165, 1.54) is 4.90 Å². The first-order chi connectivity index (χ1) is 13.0. The number of aryl methyl sites for hydroxylation is 1. The smallest absolute Gasteiger partial charge is 0.259 e. The van der Waals surface area contributed by atoms with Crippen molar-refractivity contribution in [3.8, 4) is 11.3 Å². The van der Waals surface area contributed by atoms with E-state index in [0.717, 1.165) is 5.56 Å². The molecule has 0 unspecified atom stereocenters. The molecule has 2 heterocycles. The Labute approximate surface area is 157 Å². The molecule has 3 aromatic rings. The molecule has 2 aromatic heterocycles. The summed E-state index contributed by atoms with van der Waals surface area (Å²) < 4.78 is 5.32. The number of rotatable bonds is 6. The summed E-state index contributed by atoms with van der Waals surface area (Å²) in [5.41, 5.74) is 2.83. The van der Waals surface area contributed by atoms with E-state index >= 15 is 0 Å². The van der Waals surface area contributed by atoms with Gasteiger partial charge in [0.25, 0.3) is 11.6 Å². The van der Waals surface area contributed by atoms with Crippen LogP contribution in [0.1, 0.15) is 29.9 Å². The zero-order valence-electron chi connectivity index (χ0n) is 15.7. The summed E-state index contributed by atoms with van der Waals surface area (Å²) in [7, 11) is 0. The lowest BCUT2D eigenvalue weighted by atomic mass is 10.0. The third kappa shape index (κ3) is 3.81. The number of carbonyl (C=O) groups is 2. The monoisotopic (exact) mass is 366 g/mol. The Morgan fingerprint density at radius 3 is 2.59 bits per heavy atom. The second-order valence-corrected chi connectivity index (χ2v) is 6.14. The van der Waals surface area contributed by atoms with Gasteiger partial charge >= 0.3 is 0 Å². The van der Waals surface area contributed by atoms with Gasteiger partial charge in [-0.15, -0.1) is 0 Å². The molecule has 7 nitrogen and oxygen atoms in total. The quantitative estimate of drug-likeness (QED) is 0.725. The molecule has 0 fully saturated rings. The average Bonchev–Trinajstić information content (AvgIpc) is 3.07. The molecule has 0 radical (unpaired) electrons. The van der Waals surface area contributed by atoms with Crippen LogP contribution in [0.15, 0.2) is 40.9 Å². The molecule has 7 heteroatoms. The maximum atomic E-state index is 13.2. The summed E-state index contributed by atoms with van der Waals surface area (Å²) in [4.78, 5) is 31.2. The van der Waals surface area contributed by atoms with Crippen LogP contribution in [0.2, 0.25) is 0 Å². The fourth-order valence-corrected chi connectivity index (χ4v) is 2.94. The van der Waals surface area contributed by atoms with E-state index in [0.29, 0.717) is 41.1 Å². The highest BCUT2D eigenvalue weighted by atomic mass is 16.5. The topological polar surface area (TPSA) is 88.3 Å². The zero-order chi connectivity index (χ0) is 19.4. The molecule has 3 rings (SSSR count). The first-order valence-electron chi connectivity index (χ1n) is 8.93. The Hall–Kier alpha value is -3.22. The largest absolute Gasteiger partial charge is 0.355 e. The van der Waals surface area contributed by atoms with Gasteiger partial charge in [0.15, 0.2) is 0 Å². The van der Waals surface area contributed by atoms with Gasteiger partial charge in [0.1, 0.15) is 0 Å². The molecule has 0 aliphatic heterocycles. The maximum absolute atomic E-state index is 13.2. The number of hydrogen-bond acceptors (Lipinski definition) is 5. The van der Waals surface area contributed by atoms with Crippen molar-refractivity contribution in [3.05, 3.63) is 47.7 Å². The lowest BCUT2D eigenvalue weighted by molar-refractivity contribution is -0.121. The molecule has 27 heavy (non-hydrogen) atoms. The first kappa shape index (κ1) is 18.6. The summed E-state index contributed by atoms with van der Waals surface area (Å²) in [5, 5.41) is 7.26. The van der Waals surface area contributed by atoms with E-state index in [4.69, 9.17) is 4.52 Å². The number of pyridine rings is 1. The number of hydrogen-bond donors (Lipinski definition) is 1. The number of fused-ring (bicyclic) bond motifs is 1. The van der Waals surface area contributed by atoms with E-state index < -0.39 is 0 Å². The first-order valence-corrected chi connectivity index (χ1v) is 8.93. The molecule has 2 amide bonds. The molecule has 0 aliphatic rings. The summed E-state index contributed by atoms with van der Waals surface area (Å²) in [6.45, 7) is 6.38. The van der Waals surface area contributed by atoms with Gasteiger partial charge < -0.3 is 14.7 Å². The molecule has 140 valence electrons.